The molecule has 0 aliphatic heterocycles. The molecule has 1 aromatic carbocycles. The number of carbonyl (C=O) groups is 1. The van der Waals surface area contributed by atoms with Crippen LogP contribution in [-0.2, 0) is 0 Å². The maximum Gasteiger partial charge on any atom is 0.159 e. The Labute approximate surface area is 155 Å². The van der Waals surface area contributed by atoms with E-state index in [-0.39, 0.29) is 5.78 Å². The average molecular weight is 350 g/mol. The van der Waals surface area contributed by atoms with Gasteiger partial charge in [0.1, 0.15) is 17.5 Å². The number of hydrogen-bond acceptors (Lipinski definition) is 5. The second-order valence-corrected chi connectivity index (χ2v) is 6.73. The molecule has 26 heavy (non-hydrogen) atoms. The molecule has 2 N–H and O–H groups in total. The Balaban J connectivity index is 1.64. The Morgan fingerprint density at radius 2 is 2.00 bits per heavy atom. The smallest absolute Gasteiger partial charge is 0.159 e. The van der Waals surface area contributed by atoms with E-state index < -0.39 is 0 Å². The van der Waals surface area contributed by atoms with Crippen molar-refractivity contribution in [1.82, 2.24) is 9.97 Å². The van der Waals surface area contributed by atoms with Gasteiger partial charge in [-0.15, -0.1) is 0 Å². The van der Waals surface area contributed by atoms with Gasteiger partial charge >= 0.3 is 0 Å². The number of aryl methyl sites for hydroxylation is 1. The quantitative estimate of drug-likeness (QED) is 0.541. The van der Waals surface area contributed by atoms with Crippen LogP contribution >= 0.6 is 0 Å². The molecule has 0 spiro atoms. The molecular formula is C21H26N4O. The Kier molecular flexibility index (Phi) is 6.00. The van der Waals surface area contributed by atoms with E-state index in [1.54, 1.807) is 12.5 Å². The number of nitrogens with one attached hydrogen (secondary N) is 2. The van der Waals surface area contributed by atoms with E-state index in [1.807, 2.05) is 37.3 Å². The van der Waals surface area contributed by atoms with Gasteiger partial charge in [0.15, 0.2) is 5.78 Å². The summed E-state index contributed by atoms with van der Waals surface area (Å²) in [5, 5.41) is 6.67. The lowest BCUT2D eigenvalue weighted by atomic mass is 9.97. The summed E-state index contributed by atoms with van der Waals surface area (Å²) in [6, 6.07) is 9.34. The normalized spacial score (nSPS) is 13.8. The van der Waals surface area contributed by atoms with Crippen LogP contribution in [0.2, 0.25) is 0 Å². The summed E-state index contributed by atoms with van der Waals surface area (Å²) in [7, 11) is 0. The van der Waals surface area contributed by atoms with Crippen LogP contribution in [0.25, 0.3) is 0 Å². The van der Waals surface area contributed by atoms with E-state index >= 15 is 0 Å². The van der Waals surface area contributed by atoms with Gasteiger partial charge in [-0.05, 0) is 58.1 Å². The number of nitrogens with zero attached hydrogens (tertiary/aromatic N) is 2. The Hall–Kier alpha value is -2.69. The number of anilines is 3. The summed E-state index contributed by atoms with van der Waals surface area (Å²) < 4.78 is 0. The van der Waals surface area contributed by atoms with Crippen LogP contribution in [-0.4, -0.2) is 22.3 Å². The van der Waals surface area contributed by atoms with Crippen LogP contribution in [0, 0.1) is 6.92 Å². The lowest BCUT2D eigenvalue weighted by Crippen LogP contribution is -2.08. The van der Waals surface area contributed by atoms with Crippen LogP contribution in [0.15, 0.2) is 42.0 Å². The summed E-state index contributed by atoms with van der Waals surface area (Å²) in [4.78, 5) is 20.5. The first-order valence-electron chi connectivity index (χ1n) is 9.25. The standard InChI is InChI=1S/C21H26N4O/c1-15(26)18-9-6-10-19(13-18)25-21-14-20(23-16(2)24-21)22-12-11-17-7-4-3-5-8-17/h6-7,9-10,13-14H,3-5,8,11-12H2,1-2H3,(H2,22,23,24,25). The van der Waals surface area contributed by atoms with Gasteiger partial charge in [-0.1, -0.05) is 23.8 Å². The Morgan fingerprint density at radius 1 is 1.15 bits per heavy atom. The molecule has 0 fully saturated rings. The predicted molar refractivity (Wildman–Crippen MR) is 106 cm³/mol. The topological polar surface area (TPSA) is 66.9 Å². The van der Waals surface area contributed by atoms with E-state index in [9.17, 15) is 4.79 Å². The van der Waals surface area contributed by atoms with Crippen LogP contribution < -0.4 is 10.6 Å². The van der Waals surface area contributed by atoms with Crippen molar-refractivity contribution in [3.63, 3.8) is 0 Å². The number of aromatic nitrogens is 2. The van der Waals surface area contributed by atoms with Crippen molar-refractivity contribution in [1.29, 1.82) is 0 Å². The molecule has 2 aromatic rings. The van der Waals surface area contributed by atoms with Gasteiger partial charge in [0.05, 0.1) is 0 Å². The molecule has 0 amide bonds. The van der Waals surface area contributed by atoms with E-state index in [0.717, 1.165) is 30.3 Å². The van der Waals surface area contributed by atoms with Crippen molar-refractivity contribution in [3.05, 3.63) is 53.4 Å². The van der Waals surface area contributed by atoms with Crippen molar-refractivity contribution < 1.29 is 4.79 Å². The lowest BCUT2D eigenvalue weighted by molar-refractivity contribution is 0.101. The van der Waals surface area contributed by atoms with Gasteiger partial charge in [-0.2, -0.15) is 0 Å². The molecule has 0 atom stereocenters. The third kappa shape index (κ3) is 5.15. The predicted octanol–water partition coefficient (Wildman–Crippen LogP) is 5.03. The first kappa shape index (κ1) is 18.1. The van der Waals surface area contributed by atoms with Gasteiger partial charge in [-0.25, -0.2) is 9.97 Å². The maximum absolute atomic E-state index is 11.5. The van der Waals surface area contributed by atoms with Gasteiger partial charge < -0.3 is 10.6 Å². The van der Waals surface area contributed by atoms with Crippen LogP contribution in [0.5, 0.6) is 0 Å². The second-order valence-electron chi connectivity index (χ2n) is 6.73. The monoisotopic (exact) mass is 350 g/mol. The third-order valence-corrected chi connectivity index (χ3v) is 4.52. The molecule has 5 heteroatoms. The van der Waals surface area contributed by atoms with E-state index in [2.05, 4.69) is 26.7 Å². The first-order valence-corrected chi connectivity index (χ1v) is 9.25. The van der Waals surface area contributed by atoms with Crippen molar-refractivity contribution in [2.45, 2.75) is 46.0 Å². The zero-order chi connectivity index (χ0) is 18.4. The SMILES string of the molecule is CC(=O)c1cccc(Nc2cc(NCCC3=CCCCC3)nc(C)n2)c1. The number of carbonyl (C=O) groups excluding carboxylic acids is 1. The summed E-state index contributed by atoms with van der Waals surface area (Å²) in [5.74, 6) is 2.29. The third-order valence-electron chi connectivity index (χ3n) is 4.52. The molecule has 1 heterocycles. The molecule has 0 saturated heterocycles. The van der Waals surface area contributed by atoms with Crippen molar-refractivity contribution in [3.8, 4) is 0 Å². The molecule has 5 nitrogen and oxygen atoms in total. The molecule has 0 radical (unpaired) electrons. The zero-order valence-corrected chi connectivity index (χ0v) is 15.5. The summed E-state index contributed by atoms with van der Waals surface area (Å²) in [5.41, 5.74) is 3.07. The number of hydrogen-bond donors (Lipinski definition) is 2. The largest absolute Gasteiger partial charge is 0.370 e. The second kappa shape index (κ2) is 8.61. The molecule has 1 aliphatic carbocycles. The van der Waals surface area contributed by atoms with Crippen molar-refractivity contribution in [2.24, 2.45) is 0 Å². The van der Waals surface area contributed by atoms with Crippen LogP contribution in [0.4, 0.5) is 17.3 Å². The van der Waals surface area contributed by atoms with Gasteiger partial charge in [0, 0.05) is 23.9 Å². The fourth-order valence-corrected chi connectivity index (χ4v) is 3.17. The van der Waals surface area contributed by atoms with Gasteiger partial charge in [-0.3, -0.25) is 4.79 Å². The van der Waals surface area contributed by atoms with Crippen molar-refractivity contribution in [2.75, 3.05) is 17.2 Å². The van der Waals surface area contributed by atoms with Crippen LogP contribution in [0.3, 0.4) is 0 Å². The number of Topliss-reactive ketones (excluding diaryl/α,β-unsaturated/α-hetero) is 1. The van der Waals surface area contributed by atoms with E-state index in [4.69, 9.17) is 0 Å². The van der Waals surface area contributed by atoms with Crippen molar-refractivity contribution >= 4 is 23.1 Å². The first-order chi connectivity index (χ1) is 12.6. The maximum atomic E-state index is 11.5. The van der Waals surface area contributed by atoms with Crippen LogP contribution in [0.1, 0.15) is 55.2 Å². The lowest BCUT2D eigenvalue weighted by Gasteiger charge is -2.14. The number of ketones is 1. The minimum absolute atomic E-state index is 0.0480. The highest BCUT2D eigenvalue weighted by molar-refractivity contribution is 5.95. The van der Waals surface area contributed by atoms with Gasteiger partial charge in [0.25, 0.3) is 0 Å². The number of rotatable bonds is 7. The molecule has 1 aromatic heterocycles. The van der Waals surface area contributed by atoms with E-state index in [0.29, 0.717) is 11.4 Å². The number of allylic oxidation sites excluding steroid dienone is 1. The fourth-order valence-electron chi connectivity index (χ4n) is 3.17. The highest BCUT2D eigenvalue weighted by Gasteiger charge is 2.06. The number of benzene rings is 1. The molecule has 0 saturated carbocycles. The molecule has 136 valence electrons. The average Bonchev–Trinajstić information content (AvgIpc) is 2.62. The molecule has 1 aliphatic rings. The minimum Gasteiger partial charge on any atom is -0.370 e. The molecule has 3 rings (SSSR count). The highest BCUT2D eigenvalue weighted by atomic mass is 16.1. The molecule has 0 bridgehead atoms. The summed E-state index contributed by atoms with van der Waals surface area (Å²) in [6.07, 6.45) is 8.52. The summed E-state index contributed by atoms with van der Waals surface area (Å²) >= 11 is 0. The molecular weight excluding hydrogens is 324 g/mol. The van der Waals surface area contributed by atoms with E-state index in [1.165, 1.54) is 25.7 Å². The molecule has 0 unspecified atom stereocenters. The highest BCUT2D eigenvalue weighted by Crippen LogP contribution is 2.21. The van der Waals surface area contributed by atoms with Gasteiger partial charge in [0.2, 0.25) is 0 Å². The summed E-state index contributed by atoms with van der Waals surface area (Å²) in [6.45, 7) is 4.32. The fraction of sp³-hybridized carbons (Fsp3) is 0.381. The minimum atomic E-state index is 0.0480. The Bertz CT molecular complexity index is 813. The Morgan fingerprint density at radius 3 is 2.77 bits per heavy atom. The zero-order valence-electron chi connectivity index (χ0n) is 15.5.